The molecule has 5 heteroatoms. The summed E-state index contributed by atoms with van der Waals surface area (Å²) >= 11 is 3.52. The fourth-order valence-corrected chi connectivity index (χ4v) is 2.17. The second-order valence-electron chi connectivity index (χ2n) is 3.40. The van der Waals surface area contributed by atoms with Crippen LogP contribution in [0.4, 0.5) is 0 Å². The van der Waals surface area contributed by atoms with Gasteiger partial charge in [-0.05, 0) is 38.3 Å². The van der Waals surface area contributed by atoms with Gasteiger partial charge in [-0.25, -0.2) is 0 Å². The van der Waals surface area contributed by atoms with Gasteiger partial charge in [0.15, 0.2) is 0 Å². The quantitative estimate of drug-likeness (QED) is 0.359. The van der Waals surface area contributed by atoms with Crippen molar-refractivity contribution in [1.29, 1.82) is 0 Å². The number of ether oxygens (including phenoxy) is 1. The van der Waals surface area contributed by atoms with Gasteiger partial charge in [-0.15, -0.1) is 0 Å². The summed E-state index contributed by atoms with van der Waals surface area (Å²) in [5.41, 5.74) is 8.15. The third kappa shape index (κ3) is 2.70. The molecule has 0 radical (unpaired) electrons. The fraction of sp³-hybridized carbons (Fsp3) is 0.167. The third-order valence-corrected chi connectivity index (χ3v) is 3.16. The zero-order chi connectivity index (χ0) is 12.1. The molecular weight excluding hydrogens is 282 g/mol. The first kappa shape index (κ1) is 11.8. The van der Waals surface area contributed by atoms with E-state index in [1.165, 1.54) is 0 Å². The summed E-state index contributed by atoms with van der Waals surface area (Å²) in [6, 6.07) is 12.0. The Balaban J connectivity index is 2.23. The van der Waals surface area contributed by atoms with E-state index in [1.807, 2.05) is 36.4 Å². The molecule has 0 aliphatic rings. The minimum Gasteiger partial charge on any atom is -0.492 e. The van der Waals surface area contributed by atoms with Crippen molar-refractivity contribution in [2.75, 3.05) is 13.2 Å². The van der Waals surface area contributed by atoms with Gasteiger partial charge in [-0.1, -0.05) is 35.4 Å². The van der Waals surface area contributed by atoms with Gasteiger partial charge >= 0.3 is 0 Å². The standard InChI is InChI=1S/C12H10BrN3O/c13-12-10-4-2-1-3-9(10)5-6-11(12)17-8-7-15-16-14/h1-6H,7-8H2. The van der Waals surface area contributed by atoms with Crippen LogP contribution in [0.25, 0.3) is 21.2 Å². The van der Waals surface area contributed by atoms with Crippen LogP contribution in [0.15, 0.2) is 46.0 Å². The SMILES string of the molecule is [N-]=[N+]=NCCOc1ccc2ccccc2c1Br. The van der Waals surface area contributed by atoms with Crippen molar-refractivity contribution in [2.24, 2.45) is 5.11 Å². The van der Waals surface area contributed by atoms with Crippen LogP contribution in [0, 0.1) is 0 Å². The molecule has 4 nitrogen and oxygen atoms in total. The second kappa shape index (κ2) is 5.57. The van der Waals surface area contributed by atoms with Crippen molar-refractivity contribution in [3.8, 4) is 5.75 Å². The Bertz CT molecular complexity index is 579. The summed E-state index contributed by atoms with van der Waals surface area (Å²) in [6.07, 6.45) is 0. The van der Waals surface area contributed by atoms with E-state index in [0.717, 1.165) is 21.0 Å². The number of nitrogens with zero attached hydrogens (tertiary/aromatic N) is 3. The van der Waals surface area contributed by atoms with Crippen LogP contribution in [0.5, 0.6) is 5.75 Å². The second-order valence-corrected chi connectivity index (χ2v) is 4.19. The highest BCUT2D eigenvalue weighted by molar-refractivity contribution is 9.10. The summed E-state index contributed by atoms with van der Waals surface area (Å²) in [4.78, 5) is 2.67. The molecule has 0 saturated heterocycles. The Morgan fingerprint density at radius 1 is 1.24 bits per heavy atom. The van der Waals surface area contributed by atoms with E-state index in [2.05, 4.69) is 26.0 Å². The Morgan fingerprint density at radius 3 is 2.88 bits per heavy atom. The molecule has 0 aliphatic heterocycles. The van der Waals surface area contributed by atoms with E-state index in [-0.39, 0.29) is 0 Å². The molecule has 17 heavy (non-hydrogen) atoms. The topological polar surface area (TPSA) is 58.0 Å². The van der Waals surface area contributed by atoms with Crippen LogP contribution < -0.4 is 4.74 Å². The number of rotatable bonds is 4. The lowest BCUT2D eigenvalue weighted by atomic mass is 10.1. The molecule has 2 rings (SSSR count). The number of halogens is 1. The predicted molar refractivity (Wildman–Crippen MR) is 71.2 cm³/mol. The third-order valence-electron chi connectivity index (χ3n) is 2.34. The predicted octanol–water partition coefficient (Wildman–Crippen LogP) is 4.29. The average molecular weight is 292 g/mol. The van der Waals surface area contributed by atoms with Crippen LogP contribution in [-0.4, -0.2) is 13.2 Å². The normalized spacial score (nSPS) is 9.94. The van der Waals surface area contributed by atoms with Crippen LogP contribution in [0.3, 0.4) is 0 Å². The smallest absolute Gasteiger partial charge is 0.134 e. The first-order valence-corrected chi connectivity index (χ1v) is 5.93. The van der Waals surface area contributed by atoms with Gasteiger partial charge in [-0.3, -0.25) is 0 Å². The number of hydrogen-bond donors (Lipinski definition) is 0. The average Bonchev–Trinajstić information content (AvgIpc) is 2.37. The maximum Gasteiger partial charge on any atom is 0.134 e. The van der Waals surface area contributed by atoms with Crippen molar-refractivity contribution in [3.05, 3.63) is 51.3 Å². The maximum absolute atomic E-state index is 8.15. The first-order valence-electron chi connectivity index (χ1n) is 5.14. The molecular formula is C12H10BrN3O. The summed E-state index contributed by atoms with van der Waals surface area (Å²) in [6.45, 7) is 0.705. The molecule has 86 valence electrons. The monoisotopic (exact) mass is 291 g/mol. The lowest BCUT2D eigenvalue weighted by molar-refractivity contribution is 0.327. The lowest BCUT2D eigenvalue weighted by Crippen LogP contribution is -2.00. The largest absolute Gasteiger partial charge is 0.492 e. The molecule has 0 unspecified atom stereocenters. The Morgan fingerprint density at radius 2 is 2.06 bits per heavy atom. The number of fused-ring (bicyclic) bond motifs is 1. The highest BCUT2D eigenvalue weighted by atomic mass is 79.9. The zero-order valence-electron chi connectivity index (χ0n) is 9.01. The number of hydrogen-bond acceptors (Lipinski definition) is 2. The molecule has 0 bridgehead atoms. The number of azide groups is 1. The van der Waals surface area contributed by atoms with E-state index in [9.17, 15) is 0 Å². The van der Waals surface area contributed by atoms with Gasteiger partial charge < -0.3 is 4.74 Å². The summed E-state index contributed by atoms with van der Waals surface area (Å²) < 4.78 is 6.46. The van der Waals surface area contributed by atoms with Crippen LogP contribution >= 0.6 is 15.9 Å². The van der Waals surface area contributed by atoms with Crippen molar-refractivity contribution < 1.29 is 4.74 Å². The highest BCUT2D eigenvalue weighted by Gasteiger charge is 2.05. The van der Waals surface area contributed by atoms with Crippen molar-refractivity contribution in [1.82, 2.24) is 0 Å². The molecule has 0 spiro atoms. The Hall–Kier alpha value is -1.71. The molecule has 0 amide bonds. The summed E-state index contributed by atoms with van der Waals surface area (Å²) in [7, 11) is 0. The molecule has 2 aromatic rings. The van der Waals surface area contributed by atoms with Gasteiger partial charge in [0, 0.05) is 4.91 Å². The molecule has 0 heterocycles. The van der Waals surface area contributed by atoms with Gasteiger partial charge in [0.2, 0.25) is 0 Å². The van der Waals surface area contributed by atoms with E-state index in [0.29, 0.717) is 13.2 Å². The van der Waals surface area contributed by atoms with Crippen molar-refractivity contribution in [2.45, 2.75) is 0 Å². The molecule has 0 saturated carbocycles. The summed E-state index contributed by atoms with van der Waals surface area (Å²) in [5.74, 6) is 0.761. The molecule has 2 aromatic carbocycles. The van der Waals surface area contributed by atoms with Crippen LogP contribution in [0.1, 0.15) is 0 Å². The van der Waals surface area contributed by atoms with E-state index in [4.69, 9.17) is 10.3 Å². The van der Waals surface area contributed by atoms with E-state index >= 15 is 0 Å². The Labute approximate surface area is 107 Å². The maximum atomic E-state index is 8.15. The summed E-state index contributed by atoms with van der Waals surface area (Å²) in [5, 5.41) is 5.68. The van der Waals surface area contributed by atoms with Gasteiger partial charge in [0.25, 0.3) is 0 Å². The molecule has 0 fully saturated rings. The number of benzene rings is 2. The van der Waals surface area contributed by atoms with Crippen LogP contribution in [0.2, 0.25) is 0 Å². The lowest BCUT2D eigenvalue weighted by Gasteiger charge is -2.09. The molecule has 0 atom stereocenters. The minimum atomic E-state index is 0.329. The van der Waals surface area contributed by atoms with E-state index < -0.39 is 0 Å². The van der Waals surface area contributed by atoms with Crippen LogP contribution in [-0.2, 0) is 0 Å². The Kier molecular flexibility index (Phi) is 3.85. The first-order chi connectivity index (χ1) is 8.33. The highest BCUT2D eigenvalue weighted by Crippen LogP contribution is 2.32. The van der Waals surface area contributed by atoms with Crippen molar-refractivity contribution >= 4 is 26.7 Å². The van der Waals surface area contributed by atoms with Gasteiger partial charge in [0.05, 0.1) is 17.6 Å². The van der Waals surface area contributed by atoms with Crippen molar-refractivity contribution in [3.63, 3.8) is 0 Å². The molecule has 0 aromatic heterocycles. The van der Waals surface area contributed by atoms with E-state index in [1.54, 1.807) is 0 Å². The zero-order valence-corrected chi connectivity index (χ0v) is 10.6. The fourth-order valence-electron chi connectivity index (χ4n) is 1.57. The van der Waals surface area contributed by atoms with Gasteiger partial charge in [0.1, 0.15) is 5.75 Å². The van der Waals surface area contributed by atoms with Gasteiger partial charge in [-0.2, -0.15) is 0 Å². The molecule has 0 aliphatic carbocycles. The molecule has 0 N–H and O–H groups in total. The minimum absolute atomic E-state index is 0.329.